The van der Waals surface area contributed by atoms with E-state index in [9.17, 15) is 43.2 Å². The molecule has 19 heteroatoms. The van der Waals surface area contributed by atoms with Gasteiger partial charge in [0.2, 0.25) is 0 Å². The van der Waals surface area contributed by atoms with Crippen molar-refractivity contribution in [2.24, 2.45) is 11.8 Å². The summed E-state index contributed by atoms with van der Waals surface area (Å²) in [4.78, 5) is 72.5. The maximum Gasteiger partial charge on any atom is 0.472 e. The Hall–Kier alpha value is -2.46. The van der Waals surface area contributed by atoms with Gasteiger partial charge < -0.3 is 33.8 Å². The van der Waals surface area contributed by atoms with Gasteiger partial charge in [0.05, 0.1) is 26.4 Å². The van der Waals surface area contributed by atoms with Gasteiger partial charge in [0.15, 0.2) is 12.2 Å². The molecule has 0 saturated heterocycles. The molecule has 0 rings (SSSR count). The van der Waals surface area contributed by atoms with Crippen LogP contribution >= 0.6 is 15.6 Å². The van der Waals surface area contributed by atoms with Gasteiger partial charge in [-0.25, -0.2) is 9.13 Å². The van der Waals surface area contributed by atoms with Crippen molar-refractivity contribution in [3.63, 3.8) is 0 Å². The molecule has 17 nitrogen and oxygen atoms in total. The predicted octanol–water partition coefficient (Wildman–Crippen LogP) is 19.9. The highest BCUT2D eigenvalue weighted by molar-refractivity contribution is 7.47. The second-order valence-electron chi connectivity index (χ2n) is 25.7. The number of hydrogen-bond acceptors (Lipinski definition) is 15. The minimum Gasteiger partial charge on any atom is -0.462 e. The number of ether oxygens (including phenoxy) is 4. The summed E-state index contributed by atoms with van der Waals surface area (Å²) < 4.78 is 68.2. The number of hydrogen-bond donors (Lipinski definition) is 3. The SMILES string of the molecule is CCCCCC/C=C\C=C/CCCCCCCC(=O)O[C@H](COC(=O)CCCCCCCCCCCCC(C)CC)COP(=O)(O)OC[C@@H](O)COP(=O)(O)OC[C@@H](COC(=O)CCCCCCCCCCC)OC(=O)CCCCCCCCCCCC(C)C. The molecule has 0 radical (unpaired) electrons. The van der Waals surface area contributed by atoms with Crippen molar-refractivity contribution < 1.29 is 80.2 Å². The first-order chi connectivity index (χ1) is 43.4. The van der Waals surface area contributed by atoms with Crippen molar-refractivity contribution in [2.75, 3.05) is 39.6 Å². The van der Waals surface area contributed by atoms with Gasteiger partial charge in [0.1, 0.15) is 19.3 Å². The van der Waals surface area contributed by atoms with Crippen molar-refractivity contribution in [1.29, 1.82) is 0 Å². The van der Waals surface area contributed by atoms with E-state index in [1.165, 1.54) is 141 Å². The van der Waals surface area contributed by atoms with Crippen LogP contribution in [0.15, 0.2) is 24.3 Å². The van der Waals surface area contributed by atoms with E-state index in [-0.39, 0.29) is 25.7 Å². The van der Waals surface area contributed by atoms with Gasteiger partial charge in [-0.15, -0.1) is 0 Å². The van der Waals surface area contributed by atoms with Crippen LogP contribution in [0.3, 0.4) is 0 Å². The monoisotopic (exact) mass is 1320 g/mol. The smallest absolute Gasteiger partial charge is 0.462 e. The van der Waals surface area contributed by atoms with E-state index in [1.54, 1.807) is 0 Å². The lowest BCUT2D eigenvalue weighted by Gasteiger charge is -2.21. The lowest BCUT2D eigenvalue weighted by atomic mass is 9.99. The summed E-state index contributed by atoms with van der Waals surface area (Å²) in [6.07, 6.45) is 50.7. The molecular formula is C71H134O17P2. The first kappa shape index (κ1) is 87.5. The topological polar surface area (TPSA) is 237 Å². The number of aliphatic hydroxyl groups is 1. The molecule has 0 aliphatic carbocycles. The number of phosphoric ester groups is 2. The Bertz CT molecular complexity index is 1850. The van der Waals surface area contributed by atoms with E-state index in [1.807, 2.05) is 0 Å². The molecule has 0 amide bonds. The van der Waals surface area contributed by atoms with Crippen LogP contribution in [0.4, 0.5) is 0 Å². The van der Waals surface area contributed by atoms with Crippen molar-refractivity contribution in [2.45, 2.75) is 355 Å². The molecule has 0 heterocycles. The molecule has 0 aliphatic rings. The molecule has 90 heavy (non-hydrogen) atoms. The third-order valence-corrected chi connectivity index (χ3v) is 18.1. The minimum absolute atomic E-state index is 0.0847. The van der Waals surface area contributed by atoms with Crippen LogP contribution in [-0.2, 0) is 65.4 Å². The van der Waals surface area contributed by atoms with Gasteiger partial charge in [-0.1, -0.05) is 284 Å². The average molecular weight is 1320 g/mol. The third kappa shape index (κ3) is 63.0. The number of esters is 4. The summed E-state index contributed by atoms with van der Waals surface area (Å²) in [6.45, 7) is 9.47. The highest BCUT2D eigenvalue weighted by Crippen LogP contribution is 2.45. The predicted molar refractivity (Wildman–Crippen MR) is 363 cm³/mol. The molecule has 0 bridgehead atoms. The fourth-order valence-corrected chi connectivity index (χ4v) is 11.8. The zero-order chi connectivity index (χ0) is 66.5. The Labute approximate surface area is 548 Å². The number of allylic oxidation sites excluding steroid dienone is 4. The van der Waals surface area contributed by atoms with Gasteiger partial charge >= 0.3 is 39.5 Å². The zero-order valence-electron chi connectivity index (χ0n) is 57.9. The van der Waals surface area contributed by atoms with E-state index >= 15 is 0 Å². The highest BCUT2D eigenvalue weighted by atomic mass is 31.2. The van der Waals surface area contributed by atoms with Crippen LogP contribution in [0, 0.1) is 11.8 Å². The fraction of sp³-hybridized carbons (Fsp3) is 0.887. The van der Waals surface area contributed by atoms with E-state index < -0.39 is 97.5 Å². The number of carbonyl (C=O) groups excluding carboxylic acids is 4. The molecule has 0 aliphatic heterocycles. The molecule has 0 aromatic carbocycles. The van der Waals surface area contributed by atoms with Crippen LogP contribution < -0.4 is 0 Å². The second kappa shape index (κ2) is 62.6. The first-order valence-corrected chi connectivity index (χ1v) is 39.3. The number of unbranched alkanes of at least 4 members (excludes halogenated alkanes) is 34. The maximum absolute atomic E-state index is 13.0. The summed E-state index contributed by atoms with van der Waals surface area (Å²) in [6, 6.07) is 0. The molecular weight excluding hydrogens is 1190 g/mol. The van der Waals surface area contributed by atoms with Gasteiger partial charge in [-0.2, -0.15) is 0 Å². The average Bonchev–Trinajstić information content (AvgIpc) is 3.73. The molecule has 530 valence electrons. The van der Waals surface area contributed by atoms with Crippen LogP contribution in [0.5, 0.6) is 0 Å². The Kier molecular flexibility index (Phi) is 60.9. The van der Waals surface area contributed by atoms with Crippen molar-refractivity contribution in [3.05, 3.63) is 24.3 Å². The van der Waals surface area contributed by atoms with E-state index in [4.69, 9.17) is 37.0 Å². The summed E-state index contributed by atoms with van der Waals surface area (Å²) >= 11 is 0. The lowest BCUT2D eigenvalue weighted by molar-refractivity contribution is -0.161. The molecule has 3 unspecified atom stereocenters. The number of carbonyl (C=O) groups is 4. The van der Waals surface area contributed by atoms with Crippen LogP contribution in [-0.4, -0.2) is 96.7 Å². The lowest BCUT2D eigenvalue weighted by Crippen LogP contribution is -2.30. The molecule has 0 saturated carbocycles. The Morgan fingerprint density at radius 3 is 1.00 bits per heavy atom. The summed E-state index contributed by atoms with van der Waals surface area (Å²) in [7, 11) is -9.91. The maximum atomic E-state index is 13.0. The minimum atomic E-state index is -4.96. The van der Waals surface area contributed by atoms with E-state index in [0.29, 0.717) is 25.7 Å². The zero-order valence-corrected chi connectivity index (χ0v) is 59.7. The first-order valence-electron chi connectivity index (χ1n) is 36.3. The molecule has 0 fully saturated rings. The molecule has 3 N–H and O–H groups in total. The molecule has 0 aromatic heterocycles. The number of rotatable bonds is 68. The fourth-order valence-electron chi connectivity index (χ4n) is 10.2. The van der Waals surface area contributed by atoms with Crippen LogP contribution in [0.25, 0.3) is 0 Å². The van der Waals surface area contributed by atoms with Gasteiger partial charge in [0.25, 0.3) is 0 Å². The highest BCUT2D eigenvalue weighted by Gasteiger charge is 2.30. The summed E-state index contributed by atoms with van der Waals surface area (Å²) in [5.74, 6) is -0.613. The van der Waals surface area contributed by atoms with Gasteiger partial charge in [-0.3, -0.25) is 37.3 Å². The third-order valence-electron chi connectivity index (χ3n) is 16.2. The Morgan fingerprint density at radius 2 is 0.656 bits per heavy atom. The number of aliphatic hydroxyl groups excluding tert-OH is 1. The summed E-state index contributed by atoms with van der Waals surface area (Å²) in [5, 5.41) is 10.6. The van der Waals surface area contributed by atoms with Crippen molar-refractivity contribution in [1.82, 2.24) is 0 Å². The molecule has 0 aromatic rings. The normalized spacial score (nSPS) is 14.6. The van der Waals surface area contributed by atoms with E-state index in [2.05, 4.69) is 65.8 Å². The van der Waals surface area contributed by atoms with Crippen molar-refractivity contribution in [3.8, 4) is 0 Å². The van der Waals surface area contributed by atoms with Gasteiger partial charge in [-0.05, 0) is 63.2 Å². The Morgan fingerprint density at radius 1 is 0.367 bits per heavy atom. The van der Waals surface area contributed by atoms with Crippen molar-refractivity contribution >= 4 is 39.5 Å². The molecule has 0 spiro atoms. The van der Waals surface area contributed by atoms with E-state index in [0.717, 1.165) is 115 Å². The second-order valence-corrected chi connectivity index (χ2v) is 28.6. The standard InChI is InChI=1S/C71H134O17P2/c1-7-10-12-14-16-18-19-20-21-22-23-31-37-43-49-55-70(75)87-67(60-82-69(74)54-48-42-36-30-25-24-29-34-40-46-52-64(6)9-3)62-86-90(79,80)84-58-65(72)57-83-89(77,78)85-61-66(59-81-68(73)53-47-41-35-27-17-15-13-11-8-2)88-71(76)56-50-44-38-32-26-28-33-39-45-51-63(4)5/h18-21,63-67,72H,7-17,22-62H2,1-6H3,(H,77,78)(H,79,80)/b19-18-,21-20-/t64?,65-,66+,67+/m0/s1. The number of phosphoric acid groups is 2. The van der Waals surface area contributed by atoms with Crippen LogP contribution in [0.1, 0.15) is 337 Å². The van der Waals surface area contributed by atoms with Crippen LogP contribution in [0.2, 0.25) is 0 Å². The largest absolute Gasteiger partial charge is 0.472 e. The summed E-state index contributed by atoms with van der Waals surface area (Å²) in [5.41, 5.74) is 0. The molecule has 6 atom stereocenters. The quantitative estimate of drug-likeness (QED) is 0.0169. The Balaban J connectivity index is 5.29. The van der Waals surface area contributed by atoms with Gasteiger partial charge in [0, 0.05) is 25.7 Å².